The maximum Gasteiger partial charge on any atom is 0.328 e. The normalized spacial score (nSPS) is 11.5. The molecule has 1 unspecified atom stereocenters. The van der Waals surface area contributed by atoms with Crippen LogP contribution in [0.1, 0.15) is 12.7 Å². The molecule has 1 aromatic heterocycles. The maximum absolute atomic E-state index is 10.8. The van der Waals surface area contributed by atoms with Crippen molar-refractivity contribution >= 4 is 11.9 Å². The Balaban J connectivity index is 2.80. The molecule has 1 amide bonds. The largest absolute Gasteiger partial charge is 0.480 e. The molecule has 1 atom stereocenters. The first kappa shape index (κ1) is 11.7. The minimum Gasteiger partial charge on any atom is -0.480 e. The van der Waals surface area contributed by atoms with Gasteiger partial charge in [0.05, 0.1) is 6.54 Å². The van der Waals surface area contributed by atoms with E-state index in [1.807, 2.05) is 6.07 Å². The predicted octanol–water partition coefficient (Wildman–Crippen LogP) is -0.656. The van der Waals surface area contributed by atoms with Gasteiger partial charge >= 0.3 is 5.97 Å². The molecule has 7 heteroatoms. The zero-order valence-corrected chi connectivity index (χ0v) is 8.54. The monoisotopic (exact) mass is 222 g/mol. The molecule has 1 aromatic rings. The summed E-state index contributed by atoms with van der Waals surface area (Å²) >= 11 is 0. The van der Waals surface area contributed by atoms with E-state index in [9.17, 15) is 9.59 Å². The zero-order chi connectivity index (χ0) is 12.1. The summed E-state index contributed by atoms with van der Waals surface area (Å²) in [4.78, 5) is 25.3. The van der Waals surface area contributed by atoms with E-state index in [1.165, 1.54) is 23.9 Å². The molecule has 0 spiro atoms. The van der Waals surface area contributed by atoms with Crippen LogP contribution in [0.25, 0.3) is 0 Å². The lowest BCUT2D eigenvalue weighted by molar-refractivity contribution is -0.141. The molecule has 1 heterocycles. The number of hydrogen-bond donors (Lipinski definition) is 2. The Morgan fingerprint density at radius 3 is 2.94 bits per heavy atom. The van der Waals surface area contributed by atoms with Crippen LogP contribution in [0.5, 0.6) is 0 Å². The molecule has 0 radical (unpaired) electrons. The van der Waals surface area contributed by atoms with Crippen LogP contribution in [-0.4, -0.2) is 32.6 Å². The zero-order valence-electron chi connectivity index (χ0n) is 8.54. The highest BCUT2D eigenvalue weighted by Gasteiger charge is 2.19. The lowest BCUT2D eigenvalue weighted by atomic mass is 10.3. The molecule has 0 saturated heterocycles. The first-order chi connectivity index (χ1) is 7.54. The van der Waals surface area contributed by atoms with Gasteiger partial charge in [0.15, 0.2) is 0 Å². The van der Waals surface area contributed by atoms with Gasteiger partial charge in [-0.3, -0.25) is 4.79 Å². The van der Waals surface area contributed by atoms with Gasteiger partial charge in [0.25, 0.3) is 0 Å². The number of amides is 1. The van der Waals surface area contributed by atoms with Gasteiger partial charge in [0, 0.05) is 19.3 Å². The first-order valence-electron chi connectivity index (χ1n) is 4.45. The van der Waals surface area contributed by atoms with Crippen molar-refractivity contribution in [1.29, 1.82) is 5.26 Å². The van der Waals surface area contributed by atoms with Crippen molar-refractivity contribution in [3.8, 4) is 6.07 Å². The Bertz CT molecular complexity index is 446. The number of imidazole rings is 1. The van der Waals surface area contributed by atoms with Crippen LogP contribution in [0.15, 0.2) is 12.4 Å². The number of rotatable bonds is 4. The average Bonchev–Trinajstić information content (AvgIpc) is 2.63. The van der Waals surface area contributed by atoms with Gasteiger partial charge in [0.2, 0.25) is 11.7 Å². The van der Waals surface area contributed by atoms with E-state index in [1.54, 1.807) is 0 Å². The minimum atomic E-state index is -1.16. The van der Waals surface area contributed by atoms with Gasteiger partial charge in [-0.25, -0.2) is 9.78 Å². The Morgan fingerprint density at radius 1 is 1.75 bits per heavy atom. The van der Waals surface area contributed by atoms with Gasteiger partial charge in [-0.1, -0.05) is 0 Å². The fourth-order valence-corrected chi connectivity index (χ4v) is 1.20. The van der Waals surface area contributed by atoms with Crippen molar-refractivity contribution in [1.82, 2.24) is 14.9 Å². The number of carboxylic acids is 1. The Morgan fingerprint density at radius 2 is 2.44 bits per heavy atom. The number of carbonyl (C=O) groups excluding carboxylic acids is 1. The third-order valence-corrected chi connectivity index (χ3v) is 1.87. The van der Waals surface area contributed by atoms with Gasteiger partial charge in [-0.05, 0) is 0 Å². The summed E-state index contributed by atoms with van der Waals surface area (Å²) < 4.78 is 1.37. The summed E-state index contributed by atoms with van der Waals surface area (Å²) in [5.74, 6) is -1.49. The van der Waals surface area contributed by atoms with Gasteiger partial charge < -0.3 is 15.0 Å². The summed E-state index contributed by atoms with van der Waals surface area (Å²) in [6.07, 6.45) is 2.88. The topological polar surface area (TPSA) is 108 Å². The molecule has 1 rings (SSSR count). The van der Waals surface area contributed by atoms with Crippen molar-refractivity contribution in [2.75, 3.05) is 0 Å². The van der Waals surface area contributed by atoms with E-state index in [2.05, 4.69) is 10.3 Å². The highest BCUT2D eigenvalue weighted by atomic mass is 16.4. The molecule has 0 fully saturated rings. The predicted molar refractivity (Wildman–Crippen MR) is 52.2 cm³/mol. The molecule has 7 nitrogen and oxygen atoms in total. The van der Waals surface area contributed by atoms with Crippen molar-refractivity contribution in [2.24, 2.45) is 0 Å². The van der Waals surface area contributed by atoms with Crippen LogP contribution >= 0.6 is 0 Å². The highest BCUT2D eigenvalue weighted by Crippen LogP contribution is 1.99. The van der Waals surface area contributed by atoms with E-state index >= 15 is 0 Å². The van der Waals surface area contributed by atoms with E-state index < -0.39 is 17.9 Å². The first-order valence-corrected chi connectivity index (χ1v) is 4.45. The molecule has 2 N–H and O–H groups in total. The number of carbonyl (C=O) groups is 2. The van der Waals surface area contributed by atoms with Gasteiger partial charge in [-0.2, -0.15) is 5.26 Å². The lowest BCUT2D eigenvalue weighted by Crippen LogP contribution is -2.42. The summed E-state index contributed by atoms with van der Waals surface area (Å²) in [6, 6.07) is 0.749. The Kier molecular flexibility index (Phi) is 3.61. The second-order valence-corrected chi connectivity index (χ2v) is 3.11. The Hall–Kier alpha value is -2.36. The van der Waals surface area contributed by atoms with Crippen LogP contribution < -0.4 is 5.32 Å². The summed E-state index contributed by atoms with van der Waals surface area (Å²) in [5.41, 5.74) is 0. The molecule has 0 bridgehead atoms. The number of nitriles is 1. The van der Waals surface area contributed by atoms with Crippen LogP contribution in [0.3, 0.4) is 0 Å². The summed E-state index contributed by atoms with van der Waals surface area (Å²) in [6.45, 7) is 1.20. The van der Waals surface area contributed by atoms with E-state index in [0.717, 1.165) is 0 Å². The number of hydrogen-bond acceptors (Lipinski definition) is 4. The van der Waals surface area contributed by atoms with E-state index in [4.69, 9.17) is 10.4 Å². The summed E-state index contributed by atoms with van der Waals surface area (Å²) in [7, 11) is 0. The van der Waals surface area contributed by atoms with Crippen LogP contribution in [-0.2, 0) is 16.1 Å². The van der Waals surface area contributed by atoms with Crippen LogP contribution in [0, 0.1) is 11.3 Å². The smallest absolute Gasteiger partial charge is 0.328 e. The SMILES string of the molecule is CC(=O)NC(Cn1ccnc1C#N)C(=O)O. The molecule has 0 aliphatic rings. The van der Waals surface area contributed by atoms with Crippen LogP contribution in [0.4, 0.5) is 0 Å². The molecular weight excluding hydrogens is 212 g/mol. The summed E-state index contributed by atoms with van der Waals surface area (Å²) in [5, 5.41) is 19.8. The van der Waals surface area contributed by atoms with Crippen LogP contribution in [0.2, 0.25) is 0 Å². The van der Waals surface area contributed by atoms with Crippen molar-refractivity contribution in [3.05, 3.63) is 18.2 Å². The van der Waals surface area contributed by atoms with Gasteiger partial charge in [0.1, 0.15) is 12.1 Å². The maximum atomic E-state index is 10.8. The van der Waals surface area contributed by atoms with Crippen molar-refractivity contribution in [3.63, 3.8) is 0 Å². The molecule has 16 heavy (non-hydrogen) atoms. The molecule has 0 aromatic carbocycles. The van der Waals surface area contributed by atoms with E-state index in [0.29, 0.717) is 0 Å². The third kappa shape index (κ3) is 2.81. The Labute approximate surface area is 91.3 Å². The lowest BCUT2D eigenvalue weighted by Gasteiger charge is -2.13. The van der Waals surface area contributed by atoms with Gasteiger partial charge in [-0.15, -0.1) is 0 Å². The molecular formula is C9H10N4O3. The number of aliphatic carboxylic acids is 1. The second kappa shape index (κ2) is 4.93. The molecule has 0 saturated carbocycles. The number of nitrogens with one attached hydrogen (secondary N) is 1. The average molecular weight is 222 g/mol. The minimum absolute atomic E-state index is 0.0300. The van der Waals surface area contributed by atoms with Crippen molar-refractivity contribution < 1.29 is 14.7 Å². The third-order valence-electron chi connectivity index (χ3n) is 1.87. The number of aromatic nitrogens is 2. The second-order valence-electron chi connectivity index (χ2n) is 3.11. The van der Waals surface area contributed by atoms with E-state index in [-0.39, 0.29) is 12.4 Å². The number of carboxylic acid groups (broad SMARTS) is 1. The molecule has 0 aliphatic carbocycles. The quantitative estimate of drug-likeness (QED) is 0.703. The fraction of sp³-hybridized carbons (Fsp3) is 0.333. The standard InChI is InChI=1S/C9H10N4O3/c1-6(14)12-7(9(15)16)5-13-3-2-11-8(13)4-10/h2-3,7H,5H2,1H3,(H,12,14)(H,15,16). The fourth-order valence-electron chi connectivity index (χ4n) is 1.20. The molecule has 0 aliphatic heterocycles. The highest BCUT2D eigenvalue weighted by molar-refractivity contribution is 5.81. The molecule has 84 valence electrons. The number of nitrogens with zero attached hydrogens (tertiary/aromatic N) is 3. The van der Waals surface area contributed by atoms with Crippen molar-refractivity contribution in [2.45, 2.75) is 19.5 Å².